The fraction of sp³-hybridized carbons (Fsp3) is 0.647. The fourth-order valence-electron chi connectivity index (χ4n) is 2.90. The zero-order chi connectivity index (χ0) is 14.2. The van der Waals surface area contributed by atoms with Crippen LogP contribution in [0.25, 0.3) is 0 Å². The first kappa shape index (κ1) is 15.5. The third kappa shape index (κ3) is 5.61. The Morgan fingerprint density at radius 2 is 2.00 bits per heavy atom. The molecular formula is C17H29N3. The van der Waals surface area contributed by atoms with Crippen LogP contribution in [0.15, 0.2) is 30.3 Å². The van der Waals surface area contributed by atoms with Gasteiger partial charge in [0.15, 0.2) is 0 Å². The van der Waals surface area contributed by atoms with Gasteiger partial charge in [0, 0.05) is 25.7 Å². The Balaban J connectivity index is 1.69. The van der Waals surface area contributed by atoms with Crippen LogP contribution >= 0.6 is 0 Å². The number of benzene rings is 1. The van der Waals surface area contributed by atoms with E-state index in [2.05, 4.69) is 59.5 Å². The first-order chi connectivity index (χ1) is 9.74. The van der Waals surface area contributed by atoms with E-state index in [0.717, 1.165) is 13.0 Å². The summed E-state index contributed by atoms with van der Waals surface area (Å²) in [5.41, 5.74) is 1.44. The summed E-state index contributed by atoms with van der Waals surface area (Å²) >= 11 is 0. The molecule has 1 aromatic rings. The number of hydrogen-bond acceptors (Lipinski definition) is 3. The number of rotatable bonds is 7. The Bertz CT molecular complexity index is 364. The minimum atomic E-state index is 0.611. The number of unbranched alkanes of at least 4 members (excludes halogenated alkanes) is 1. The van der Waals surface area contributed by atoms with Crippen molar-refractivity contribution >= 4 is 0 Å². The van der Waals surface area contributed by atoms with E-state index in [4.69, 9.17) is 0 Å². The molecule has 1 heterocycles. The van der Waals surface area contributed by atoms with Gasteiger partial charge in [-0.25, -0.2) is 0 Å². The van der Waals surface area contributed by atoms with Crippen molar-refractivity contribution in [1.29, 1.82) is 0 Å². The van der Waals surface area contributed by atoms with Gasteiger partial charge in [-0.05, 0) is 52.0 Å². The molecule has 3 nitrogen and oxygen atoms in total. The summed E-state index contributed by atoms with van der Waals surface area (Å²) in [6, 6.07) is 11.4. The summed E-state index contributed by atoms with van der Waals surface area (Å²) < 4.78 is 0. The second-order valence-corrected chi connectivity index (χ2v) is 6.15. The van der Waals surface area contributed by atoms with E-state index >= 15 is 0 Å². The lowest BCUT2D eigenvalue weighted by molar-refractivity contribution is 0.194. The molecule has 0 spiro atoms. The van der Waals surface area contributed by atoms with Gasteiger partial charge < -0.3 is 15.1 Å². The van der Waals surface area contributed by atoms with Crippen molar-refractivity contribution in [3.8, 4) is 0 Å². The lowest BCUT2D eigenvalue weighted by atomic mass is 10.0. The predicted octanol–water partition coefficient (Wildman–Crippen LogP) is 1.84. The Morgan fingerprint density at radius 1 is 1.20 bits per heavy atom. The highest BCUT2D eigenvalue weighted by Gasteiger charge is 2.18. The van der Waals surface area contributed by atoms with Gasteiger partial charge in [-0.3, -0.25) is 0 Å². The minimum absolute atomic E-state index is 0.611. The van der Waals surface area contributed by atoms with Gasteiger partial charge >= 0.3 is 0 Å². The van der Waals surface area contributed by atoms with Crippen molar-refractivity contribution < 1.29 is 0 Å². The van der Waals surface area contributed by atoms with E-state index < -0.39 is 0 Å². The Hall–Kier alpha value is -0.900. The smallest absolute Gasteiger partial charge is 0.0235 e. The van der Waals surface area contributed by atoms with Crippen molar-refractivity contribution in [2.45, 2.75) is 25.3 Å². The molecule has 1 atom stereocenters. The van der Waals surface area contributed by atoms with Gasteiger partial charge in [0.2, 0.25) is 0 Å². The molecule has 1 aliphatic rings. The van der Waals surface area contributed by atoms with Crippen LogP contribution in [0, 0.1) is 0 Å². The number of nitrogens with zero attached hydrogens (tertiary/aromatic N) is 2. The Kier molecular flexibility index (Phi) is 6.51. The maximum atomic E-state index is 3.66. The molecule has 0 saturated carbocycles. The lowest BCUT2D eigenvalue weighted by Crippen LogP contribution is -2.51. The van der Waals surface area contributed by atoms with Gasteiger partial charge in [0.1, 0.15) is 0 Å². The van der Waals surface area contributed by atoms with Crippen LogP contribution in [0.5, 0.6) is 0 Å². The van der Waals surface area contributed by atoms with Crippen LogP contribution in [0.2, 0.25) is 0 Å². The highest BCUT2D eigenvalue weighted by Crippen LogP contribution is 2.08. The molecular weight excluding hydrogens is 246 g/mol. The van der Waals surface area contributed by atoms with Crippen molar-refractivity contribution in [3.05, 3.63) is 35.9 Å². The molecule has 0 radical (unpaired) electrons. The Labute approximate surface area is 124 Å². The van der Waals surface area contributed by atoms with Crippen molar-refractivity contribution in [1.82, 2.24) is 15.1 Å². The predicted molar refractivity (Wildman–Crippen MR) is 86.2 cm³/mol. The topological polar surface area (TPSA) is 18.5 Å². The molecule has 1 fully saturated rings. The van der Waals surface area contributed by atoms with E-state index in [-0.39, 0.29) is 0 Å². The van der Waals surface area contributed by atoms with E-state index in [1.165, 1.54) is 44.6 Å². The highest BCUT2D eigenvalue weighted by molar-refractivity contribution is 5.16. The molecule has 0 aliphatic carbocycles. The third-order valence-corrected chi connectivity index (χ3v) is 3.99. The lowest BCUT2D eigenvalue weighted by Gasteiger charge is -2.34. The van der Waals surface area contributed by atoms with Crippen LogP contribution in [0.1, 0.15) is 18.4 Å². The normalized spacial score (nSPS) is 20.4. The maximum absolute atomic E-state index is 3.66. The summed E-state index contributed by atoms with van der Waals surface area (Å²) in [6.07, 6.45) is 3.77. The average Bonchev–Trinajstić information content (AvgIpc) is 2.45. The first-order valence-corrected chi connectivity index (χ1v) is 7.88. The number of nitrogens with one attached hydrogen (secondary N) is 1. The van der Waals surface area contributed by atoms with E-state index in [9.17, 15) is 0 Å². The second kappa shape index (κ2) is 8.40. The van der Waals surface area contributed by atoms with E-state index in [1.807, 2.05) is 0 Å². The summed E-state index contributed by atoms with van der Waals surface area (Å²) in [6.45, 7) is 5.98. The third-order valence-electron chi connectivity index (χ3n) is 3.99. The quantitative estimate of drug-likeness (QED) is 0.766. The van der Waals surface area contributed by atoms with Gasteiger partial charge in [0.05, 0.1) is 0 Å². The molecule has 20 heavy (non-hydrogen) atoms. The van der Waals surface area contributed by atoms with Crippen LogP contribution in [0.3, 0.4) is 0 Å². The molecule has 0 bridgehead atoms. The van der Waals surface area contributed by atoms with Gasteiger partial charge in [-0.2, -0.15) is 0 Å². The molecule has 0 aromatic heterocycles. The van der Waals surface area contributed by atoms with Gasteiger partial charge in [0.25, 0.3) is 0 Å². The number of piperazine rings is 1. The molecule has 1 aliphatic heterocycles. The monoisotopic (exact) mass is 275 g/mol. The molecule has 1 saturated heterocycles. The molecule has 1 N–H and O–H groups in total. The zero-order valence-electron chi connectivity index (χ0n) is 13.0. The van der Waals surface area contributed by atoms with Crippen molar-refractivity contribution in [2.75, 3.05) is 46.8 Å². The molecule has 3 heteroatoms. The van der Waals surface area contributed by atoms with E-state index in [1.54, 1.807) is 0 Å². The molecule has 0 amide bonds. The average molecular weight is 275 g/mol. The van der Waals surface area contributed by atoms with Crippen molar-refractivity contribution in [3.63, 3.8) is 0 Å². The number of hydrogen-bond donors (Lipinski definition) is 1. The molecule has 2 rings (SSSR count). The largest absolute Gasteiger partial charge is 0.311 e. The van der Waals surface area contributed by atoms with Gasteiger partial charge in [-0.1, -0.05) is 30.3 Å². The molecule has 1 unspecified atom stereocenters. The van der Waals surface area contributed by atoms with Crippen LogP contribution in [0.4, 0.5) is 0 Å². The van der Waals surface area contributed by atoms with Crippen LogP contribution in [-0.4, -0.2) is 62.7 Å². The second-order valence-electron chi connectivity index (χ2n) is 6.15. The maximum Gasteiger partial charge on any atom is 0.0235 e. The first-order valence-electron chi connectivity index (χ1n) is 7.88. The Morgan fingerprint density at radius 3 is 2.75 bits per heavy atom. The summed E-state index contributed by atoms with van der Waals surface area (Å²) in [4.78, 5) is 4.90. The fourth-order valence-corrected chi connectivity index (χ4v) is 2.90. The zero-order valence-corrected chi connectivity index (χ0v) is 13.0. The van der Waals surface area contributed by atoms with Crippen LogP contribution in [-0.2, 0) is 6.42 Å². The summed E-state index contributed by atoms with van der Waals surface area (Å²) in [5.74, 6) is 0. The van der Waals surface area contributed by atoms with Crippen LogP contribution < -0.4 is 5.32 Å². The molecule has 1 aromatic carbocycles. The summed E-state index contributed by atoms with van der Waals surface area (Å²) in [5, 5.41) is 3.66. The highest BCUT2D eigenvalue weighted by atomic mass is 15.2. The standard InChI is InChI=1S/C17H29N3/c1-19(2)11-6-7-12-20-13-10-18-17(15-20)14-16-8-4-3-5-9-16/h3-5,8-9,17-18H,6-7,10-15H2,1-2H3. The van der Waals surface area contributed by atoms with E-state index in [0.29, 0.717) is 6.04 Å². The summed E-state index contributed by atoms with van der Waals surface area (Å²) in [7, 11) is 4.31. The molecule has 112 valence electrons. The minimum Gasteiger partial charge on any atom is -0.311 e. The van der Waals surface area contributed by atoms with Crippen molar-refractivity contribution in [2.24, 2.45) is 0 Å². The van der Waals surface area contributed by atoms with Gasteiger partial charge in [-0.15, -0.1) is 0 Å². The SMILES string of the molecule is CN(C)CCCCN1CCNC(Cc2ccccc2)C1.